The highest BCUT2D eigenvalue weighted by atomic mass is 32.2. The van der Waals surface area contributed by atoms with E-state index in [-0.39, 0.29) is 12.1 Å². The molecule has 2 atom stereocenters. The van der Waals surface area contributed by atoms with Crippen molar-refractivity contribution in [2.45, 2.75) is 37.3 Å². The first-order valence-electron chi connectivity index (χ1n) is 6.39. The maximum atomic E-state index is 12.2. The van der Waals surface area contributed by atoms with E-state index in [2.05, 4.69) is 10.0 Å². The summed E-state index contributed by atoms with van der Waals surface area (Å²) >= 11 is 0. The van der Waals surface area contributed by atoms with Gasteiger partial charge < -0.3 is 10.1 Å². The van der Waals surface area contributed by atoms with Gasteiger partial charge in [0.1, 0.15) is 11.9 Å². The summed E-state index contributed by atoms with van der Waals surface area (Å²) in [6, 6.07) is 5.11. The SMILES string of the molecule is CNC(C)CNS(=O)(=O)c1ccc2c(c1)CC(C)O2. The molecule has 2 rings (SSSR count). The Bertz CT molecular complexity index is 557. The maximum Gasteiger partial charge on any atom is 0.240 e. The summed E-state index contributed by atoms with van der Waals surface area (Å²) in [5.74, 6) is 0.787. The van der Waals surface area contributed by atoms with E-state index >= 15 is 0 Å². The molecule has 1 aromatic carbocycles. The number of hydrogen-bond acceptors (Lipinski definition) is 4. The van der Waals surface area contributed by atoms with E-state index in [9.17, 15) is 8.42 Å². The zero-order valence-electron chi connectivity index (χ0n) is 11.4. The molecule has 0 saturated heterocycles. The van der Waals surface area contributed by atoms with Crippen LogP contribution < -0.4 is 14.8 Å². The van der Waals surface area contributed by atoms with Crippen molar-refractivity contribution >= 4 is 10.0 Å². The summed E-state index contributed by atoms with van der Waals surface area (Å²) in [5.41, 5.74) is 0.956. The number of hydrogen-bond donors (Lipinski definition) is 2. The van der Waals surface area contributed by atoms with Crippen molar-refractivity contribution in [3.63, 3.8) is 0 Å². The van der Waals surface area contributed by atoms with E-state index in [1.807, 2.05) is 13.8 Å². The Morgan fingerprint density at radius 3 is 2.89 bits per heavy atom. The molecule has 0 spiro atoms. The molecule has 6 heteroatoms. The van der Waals surface area contributed by atoms with Crippen molar-refractivity contribution in [2.24, 2.45) is 0 Å². The summed E-state index contributed by atoms with van der Waals surface area (Å²) in [5, 5.41) is 2.99. The standard InChI is InChI=1S/C13H20N2O3S/c1-9(14-3)8-15-19(16,17)12-4-5-13-11(7-12)6-10(2)18-13/h4-5,7,9-10,14-15H,6,8H2,1-3H3. The normalized spacial score (nSPS) is 19.8. The minimum absolute atomic E-state index is 0.0903. The van der Waals surface area contributed by atoms with Crippen LogP contribution in [0.5, 0.6) is 5.75 Å². The molecule has 1 heterocycles. The molecular weight excluding hydrogens is 264 g/mol. The maximum absolute atomic E-state index is 12.2. The van der Waals surface area contributed by atoms with Gasteiger partial charge in [-0.1, -0.05) is 0 Å². The molecule has 1 aromatic rings. The summed E-state index contributed by atoms with van der Waals surface area (Å²) in [6.45, 7) is 4.25. The number of likely N-dealkylation sites (N-methyl/N-ethyl adjacent to an activating group) is 1. The lowest BCUT2D eigenvalue weighted by Crippen LogP contribution is -2.37. The van der Waals surface area contributed by atoms with Crippen LogP contribution in [0.3, 0.4) is 0 Å². The van der Waals surface area contributed by atoms with E-state index in [1.165, 1.54) is 0 Å². The van der Waals surface area contributed by atoms with Gasteiger partial charge in [-0.3, -0.25) is 0 Å². The molecule has 0 amide bonds. The monoisotopic (exact) mass is 284 g/mol. The molecule has 0 radical (unpaired) electrons. The van der Waals surface area contributed by atoms with Crippen LogP contribution in [0.25, 0.3) is 0 Å². The highest BCUT2D eigenvalue weighted by molar-refractivity contribution is 7.89. The molecule has 19 heavy (non-hydrogen) atoms. The van der Waals surface area contributed by atoms with Gasteiger partial charge in [-0.2, -0.15) is 0 Å². The first kappa shape index (κ1) is 14.3. The first-order chi connectivity index (χ1) is 8.92. The number of benzene rings is 1. The molecule has 0 fully saturated rings. The van der Waals surface area contributed by atoms with Crippen molar-refractivity contribution in [3.05, 3.63) is 23.8 Å². The van der Waals surface area contributed by atoms with Crippen LogP contribution in [0.15, 0.2) is 23.1 Å². The van der Waals surface area contributed by atoms with Crippen molar-refractivity contribution in [1.82, 2.24) is 10.0 Å². The minimum atomic E-state index is -3.45. The Labute approximate surface area is 114 Å². The quantitative estimate of drug-likeness (QED) is 0.843. The molecule has 0 aromatic heterocycles. The van der Waals surface area contributed by atoms with Gasteiger partial charge in [0.25, 0.3) is 0 Å². The topological polar surface area (TPSA) is 67.4 Å². The van der Waals surface area contributed by atoms with Crippen LogP contribution in [0, 0.1) is 0 Å². The zero-order valence-corrected chi connectivity index (χ0v) is 12.3. The Morgan fingerprint density at radius 1 is 1.47 bits per heavy atom. The summed E-state index contributed by atoms with van der Waals surface area (Å²) < 4.78 is 32.5. The number of rotatable bonds is 5. The average molecular weight is 284 g/mol. The van der Waals surface area contributed by atoms with Gasteiger partial charge in [-0.25, -0.2) is 13.1 Å². The van der Waals surface area contributed by atoms with Crippen molar-refractivity contribution in [2.75, 3.05) is 13.6 Å². The molecule has 5 nitrogen and oxygen atoms in total. The first-order valence-corrected chi connectivity index (χ1v) is 7.87. The van der Waals surface area contributed by atoms with E-state index in [4.69, 9.17) is 4.74 Å². The molecule has 0 bridgehead atoms. The summed E-state index contributed by atoms with van der Waals surface area (Å²) in [4.78, 5) is 0.298. The van der Waals surface area contributed by atoms with Crippen LogP contribution in [0.1, 0.15) is 19.4 Å². The Morgan fingerprint density at radius 2 is 2.21 bits per heavy atom. The number of nitrogens with one attached hydrogen (secondary N) is 2. The highest BCUT2D eigenvalue weighted by Crippen LogP contribution is 2.30. The molecule has 2 N–H and O–H groups in total. The second-order valence-corrected chi connectivity index (χ2v) is 6.71. The molecule has 0 saturated carbocycles. The average Bonchev–Trinajstić information content (AvgIpc) is 2.74. The molecule has 1 aliphatic rings. The summed E-state index contributed by atoms with van der Waals surface area (Å²) in [7, 11) is -1.65. The lowest BCUT2D eigenvalue weighted by atomic mass is 10.1. The van der Waals surface area contributed by atoms with E-state index in [0.717, 1.165) is 17.7 Å². The smallest absolute Gasteiger partial charge is 0.240 e. The second-order valence-electron chi connectivity index (χ2n) is 4.94. The molecular formula is C13H20N2O3S. The van der Waals surface area contributed by atoms with E-state index < -0.39 is 10.0 Å². The third-order valence-corrected chi connectivity index (χ3v) is 4.67. The predicted octanol–water partition coefficient (Wildman–Crippen LogP) is 0.896. The van der Waals surface area contributed by atoms with Crippen molar-refractivity contribution in [1.29, 1.82) is 0 Å². The predicted molar refractivity (Wildman–Crippen MR) is 73.9 cm³/mol. The fourth-order valence-electron chi connectivity index (χ4n) is 1.99. The lowest BCUT2D eigenvalue weighted by Gasteiger charge is -2.12. The van der Waals surface area contributed by atoms with Crippen LogP contribution >= 0.6 is 0 Å². The van der Waals surface area contributed by atoms with Gasteiger partial charge in [0.05, 0.1) is 4.90 Å². The lowest BCUT2D eigenvalue weighted by molar-refractivity contribution is 0.254. The Balaban J connectivity index is 2.16. The fourth-order valence-corrected chi connectivity index (χ4v) is 3.17. The van der Waals surface area contributed by atoms with Gasteiger partial charge >= 0.3 is 0 Å². The largest absolute Gasteiger partial charge is 0.490 e. The van der Waals surface area contributed by atoms with E-state index in [1.54, 1.807) is 25.2 Å². The summed E-state index contributed by atoms with van der Waals surface area (Å²) in [6.07, 6.45) is 0.872. The van der Waals surface area contributed by atoms with Crippen LogP contribution in [-0.2, 0) is 16.4 Å². The van der Waals surface area contributed by atoms with Crippen LogP contribution in [-0.4, -0.2) is 34.2 Å². The second kappa shape index (κ2) is 5.48. The number of ether oxygens (including phenoxy) is 1. The van der Waals surface area contributed by atoms with Gasteiger partial charge in [-0.15, -0.1) is 0 Å². The van der Waals surface area contributed by atoms with Crippen molar-refractivity contribution < 1.29 is 13.2 Å². The van der Waals surface area contributed by atoms with Crippen molar-refractivity contribution in [3.8, 4) is 5.75 Å². The Kier molecular flexibility index (Phi) is 4.13. The van der Waals surface area contributed by atoms with Gasteiger partial charge in [0.2, 0.25) is 10.0 Å². The van der Waals surface area contributed by atoms with Crippen LogP contribution in [0.4, 0.5) is 0 Å². The van der Waals surface area contributed by atoms with Gasteiger partial charge in [0.15, 0.2) is 0 Å². The van der Waals surface area contributed by atoms with Gasteiger partial charge in [0, 0.05) is 19.0 Å². The zero-order chi connectivity index (χ0) is 14.0. The highest BCUT2D eigenvalue weighted by Gasteiger charge is 2.22. The molecule has 0 aliphatic carbocycles. The van der Waals surface area contributed by atoms with E-state index in [0.29, 0.717) is 11.4 Å². The number of sulfonamides is 1. The third kappa shape index (κ3) is 3.26. The van der Waals surface area contributed by atoms with Crippen LogP contribution in [0.2, 0.25) is 0 Å². The third-order valence-electron chi connectivity index (χ3n) is 3.25. The fraction of sp³-hybridized carbons (Fsp3) is 0.538. The molecule has 1 aliphatic heterocycles. The Hall–Kier alpha value is -1.11. The molecule has 2 unspecified atom stereocenters. The number of fused-ring (bicyclic) bond motifs is 1. The minimum Gasteiger partial charge on any atom is -0.490 e. The van der Waals surface area contributed by atoms with Gasteiger partial charge in [-0.05, 0) is 44.7 Å². The molecule has 106 valence electrons.